The van der Waals surface area contributed by atoms with E-state index in [0.29, 0.717) is 16.6 Å². The molecule has 0 atom stereocenters. The third kappa shape index (κ3) is 4.82. The third-order valence-corrected chi connectivity index (χ3v) is 5.23. The highest BCUT2D eigenvalue weighted by atomic mass is 35.5. The molecule has 27 heavy (non-hydrogen) atoms. The first-order chi connectivity index (χ1) is 13.1. The molecule has 0 radical (unpaired) electrons. The van der Waals surface area contributed by atoms with Crippen LogP contribution in [0.3, 0.4) is 0 Å². The molecule has 1 N–H and O–H groups in total. The number of thiazole rings is 1. The highest BCUT2D eigenvalue weighted by Crippen LogP contribution is 2.25. The number of carbonyl (C=O) groups excluding carboxylic acids is 1. The van der Waals surface area contributed by atoms with Gasteiger partial charge in [0.25, 0.3) is 5.91 Å². The average Bonchev–Trinajstić information content (AvgIpc) is 3.09. The van der Waals surface area contributed by atoms with Gasteiger partial charge in [-0.3, -0.25) is 10.1 Å². The van der Waals surface area contributed by atoms with E-state index in [1.807, 2.05) is 61.5 Å². The first kappa shape index (κ1) is 18.8. The summed E-state index contributed by atoms with van der Waals surface area (Å²) in [6, 6.07) is 17.2. The van der Waals surface area contributed by atoms with E-state index in [0.717, 1.165) is 21.6 Å². The minimum atomic E-state index is -0.473. The smallest absolute Gasteiger partial charge is 0.268 e. The Hall–Kier alpha value is -2.94. The van der Waals surface area contributed by atoms with Gasteiger partial charge in [-0.15, -0.1) is 11.3 Å². The van der Waals surface area contributed by atoms with Crippen molar-refractivity contribution in [3.05, 3.63) is 86.9 Å². The maximum absolute atomic E-state index is 12.4. The second-order valence-corrected chi connectivity index (χ2v) is 7.40. The van der Waals surface area contributed by atoms with Crippen LogP contribution in [0.15, 0.2) is 60.3 Å². The number of nitriles is 1. The SMILES string of the molecule is Cc1ccccc1/C=C(\C#N)C(=O)Nc1ncc(Cc2ccccc2Cl)s1. The van der Waals surface area contributed by atoms with Gasteiger partial charge in [-0.05, 0) is 35.8 Å². The molecule has 0 saturated heterocycles. The predicted octanol–water partition coefficient (Wildman–Crippen LogP) is 5.24. The monoisotopic (exact) mass is 393 g/mol. The van der Waals surface area contributed by atoms with Gasteiger partial charge in [-0.1, -0.05) is 54.1 Å². The van der Waals surface area contributed by atoms with Gasteiger partial charge in [0, 0.05) is 22.5 Å². The number of rotatable bonds is 5. The van der Waals surface area contributed by atoms with Crippen LogP contribution >= 0.6 is 22.9 Å². The number of nitrogens with one attached hydrogen (secondary N) is 1. The number of aromatic nitrogens is 1. The van der Waals surface area contributed by atoms with E-state index in [4.69, 9.17) is 11.6 Å². The van der Waals surface area contributed by atoms with Crippen LogP contribution in [0.1, 0.15) is 21.6 Å². The van der Waals surface area contributed by atoms with E-state index in [1.54, 1.807) is 12.3 Å². The van der Waals surface area contributed by atoms with Crippen LogP contribution in [0, 0.1) is 18.3 Å². The molecule has 134 valence electrons. The topological polar surface area (TPSA) is 65.8 Å². The number of carbonyl (C=O) groups is 1. The van der Waals surface area contributed by atoms with E-state index in [2.05, 4.69) is 10.3 Å². The minimum absolute atomic E-state index is 0.0344. The average molecular weight is 394 g/mol. The highest BCUT2D eigenvalue weighted by Gasteiger charge is 2.13. The Morgan fingerprint density at radius 3 is 2.74 bits per heavy atom. The number of aryl methyl sites for hydroxylation is 1. The lowest BCUT2D eigenvalue weighted by atomic mass is 10.1. The molecule has 2 aromatic carbocycles. The molecule has 3 rings (SSSR count). The van der Waals surface area contributed by atoms with Gasteiger partial charge in [0.05, 0.1) is 0 Å². The Kier molecular flexibility index (Phi) is 6.02. The van der Waals surface area contributed by atoms with Gasteiger partial charge < -0.3 is 0 Å². The Morgan fingerprint density at radius 2 is 2.00 bits per heavy atom. The Morgan fingerprint density at radius 1 is 1.26 bits per heavy atom. The van der Waals surface area contributed by atoms with Crippen LogP contribution in [0.5, 0.6) is 0 Å². The van der Waals surface area contributed by atoms with Crippen molar-refractivity contribution in [1.82, 2.24) is 4.98 Å². The summed E-state index contributed by atoms with van der Waals surface area (Å²) in [5.41, 5.74) is 2.86. The van der Waals surface area contributed by atoms with Crippen LogP contribution in [0.25, 0.3) is 6.08 Å². The number of halogens is 1. The van der Waals surface area contributed by atoms with Gasteiger partial charge in [-0.25, -0.2) is 4.98 Å². The lowest BCUT2D eigenvalue weighted by Crippen LogP contribution is -2.13. The van der Waals surface area contributed by atoms with Gasteiger partial charge in [-0.2, -0.15) is 5.26 Å². The number of amides is 1. The molecular weight excluding hydrogens is 378 g/mol. The lowest BCUT2D eigenvalue weighted by Gasteiger charge is -2.03. The maximum atomic E-state index is 12.4. The van der Waals surface area contributed by atoms with Crippen molar-refractivity contribution in [1.29, 1.82) is 5.26 Å². The van der Waals surface area contributed by atoms with Gasteiger partial charge in [0.15, 0.2) is 5.13 Å². The summed E-state index contributed by atoms with van der Waals surface area (Å²) in [4.78, 5) is 17.6. The second kappa shape index (κ2) is 8.63. The maximum Gasteiger partial charge on any atom is 0.268 e. The molecule has 0 saturated carbocycles. The van der Waals surface area contributed by atoms with Gasteiger partial charge in [0.2, 0.25) is 0 Å². The normalized spacial score (nSPS) is 11.1. The molecule has 0 spiro atoms. The zero-order chi connectivity index (χ0) is 19.2. The lowest BCUT2D eigenvalue weighted by molar-refractivity contribution is -0.112. The fourth-order valence-electron chi connectivity index (χ4n) is 2.49. The quantitative estimate of drug-likeness (QED) is 0.476. The molecule has 0 fully saturated rings. The number of hydrogen-bond donors (Lipinski definition) is 1. The molecule has 0 aliphatic rings. The standard InChI is InChI=1S/C21H16ClN3OS/c1-14-6-2-3-7-15(14)10-17(12-23)20(26)25-21-24-13-18(27-21)11-16-8-4-5-9-19(16)22/h2-10,13H,11H2,1H3,(H,24,25,26)/b17-10+. The highest BCUT2D eigenvalue weighted by molar-refractivity contribution is 7.15. The van der Waals surface area contributed by atoms with Crippen molar-refractivity contribution in [3.8, 4) is 6.07 Å². The summed E-state index contributed by atoms with van der Waals surface area (Å²) in [5, 5.41) is 13.2. The van der Waals surface area contributed by atoms with Crippen LogP contribution in [-0.4, -0.2) is 10.9 Å². The molecule has 3 aromatic rings. The molecule has 4 nitrogen and oxygen atoms in total. The largest absolute Gasteiger partial charge is 0.297 e. The summed E-state index contributed by atoms with van der Waals surface area (Å²) < 4.78 is 0. The number of nitrogens with zero attached hydrogens (tertiary/aromatic N) is 2. The molecule has 1 aromatic heterocycles. The summed E-state index contributed by atoms with van der Waals surface area (Å²) in [6.45, 7) is 1.93. The van der Waals surface area contributed by atoms with Gasteiger partial charge >= 0.3 is 0 Å². The molecule has 6 heteroatoms. The van der Waals surface area contributed by atoms with E-state index in [1.165, 1.54) is 11.3 Å². The van der Waals surface area contributed by atoms with E-state index < -0.39 is 5.91 Å². The first-order valence-electron chi connectivity index (χ1n) is 8.23. The van der Waals surface area contributed by atoms with Gasteiger partial charge in [0.1, 0.15) is 11.6 Å². The Balaban J connectivity index is 1.73. The molecule has 0 bridgehead atoms. The fraction of sp³-hybridized carbons (Fsp3) is 0.0952. The van der Waals surface area contributed by atoms with Crippen molar-refractivity contribution in [3.63, 3.8) is 0 Å². The molecule has 1 heterocycles. The van der Waals surface area contributed by atoms with Crippen LogP contribution in [0.2, 0.25) is 5.02 Å². The molecule has 0 aliphatic heterocycles. The number of anilines is 1. The summed E-state index contributed by atoms with van der Waals surface area (Å²) in [5.74, 6) is -0.473. The number of hydrogen-bond acceptors (Lipinski definition) is 4. The van der Waals surface area contributed by atoms with Crippen molar-refractivity contribution in [2.75, 3.05) is 5.32 Å². The van der Waals surface area contributed by atoms with Crippen LogP contribution < -0.4 is 5.32 Å². The Bertz CT molecular complexity index is 1050. The van der Waals surface area contributed by atoms with Crippen molar-refractivity contribution in [2.24, 2.45) is 0 Å². The summed E-state index contributed by atoms with van der Waals surface area (Å²) in [6.07, 6.45) is 3.93. The fourth-order valence-corrected chi connectivity index (χ4v) is 3.53. The molecular formula is C21H16ClN3OS. The van der Waals surface area contributed by atoms with E-state index in [-0.39, 0.29) is 5.57 Å². The first-order valence-corrected chi connectivity index (χ1v) is 9.43. The third-order valence-electron chi connectivity index (χ3n) is 3.95. The predicted molar refractivity (Wildman–Crippen MR) is 110 cm³/mol. The van der Waals surface area contributed by atoms with E-state index in [9.17, 15) is 10.1 Å². The summed E-state index contributed by atoms with van der Waals surface area (Å²) in [7, 11) is 0. The molecule has 1 amide bonds. The van der Waals surface area contributed by atoms with Crippen molar-refractivity contribution >= 4 is 40.1 Å². The minimum Gasteiger partial charge on any atom is -0.297 e. The Labute approximate surface area is 166 Å². The molecule has 0 unspecified atom stereocenters. The summed E-state index contributed by atoms with van der Waals surface area (Å²) >= 11 is 7.55. The van der Waals surface area contributed by atoms with E-state index >= 15 is 0 Å². The van der Waals surface area contributed by atoms with Crippen molar-refractivity contribution < 1.29 is 4.79 Å². The van der Waals surface area contributed by atoms with Crippen LogP contribution in [0.4, 0.5) is 5.13 Å². The number of benzene rings is 2. The van der Waals surface area contributed by atoms with Crippen molar-refractivity contribution in [2.45, 2.75) is 13.3 Å². The zero-order valence-electron chi connectivity index (χ0n) is 14.6. The zero-order valence-corrected chi connectivity index (χ0v) is 16.1. The van der Waals surface area contributed by atoms with Crippen LogP contribution in [-0.2, 0) is 11.2 Å². The molecule has 0 aliphatic carbocycles. The second-order valence-electron chi connectivity index (χ2n) is 5.88.